The molecule has 5 nitrogen and oxygen atoms in total. The minimum atomic E-state index is -0.478. The summed E-state index contributed by atoms with van der Waals surface area (Å²) in [6, 6.07) is 22.9. The Morgan fingerprint density at radius 3 is 2.41 bits per heavy atom. The molecule has 4 rings (SSSR count). The SMILES string of the molecule is CCCN(Cc1c(-c2ccccc2)nn(C)c1Oc1ccccc1F)C(=O)c1ccccc1Cl. The molecule has 0 atom stereocenters. The van der Waals surface area contributed by atoms with Crippen molar-refractivity contribution in [2.45, 2.75) is 19.9 Å². The molecular weight excluding hydrogens is 453 g/mol. The van der Waals surface area contributed by atoms with Gasteiger partial charge in [0.2, 0.25) is 5.88 Å². The van der Waals surface area contributed by atoms with Gasteiger partial charge in [-0.25, -0.2) is 9.07 Å². The van der Waals surface area contributed by atoms with E-state index >= 15 is 0 Å². The van der Waals surface area contributed by atoms with Crippen LogP contribution in [0, 0.1) is 5.82 Å². The van der Waals surface area contributed by atoms with Crippen molar-refractivity contribution in [3.05, 3.63) is 101 Å². The van der Waals surface area contributed by atoms with Gasteiger partial charge in [-0.05, 0) is 30.7 Å². The molecule has 0 fully saturated rings. The summed E-state index contributed by atoms with van der Waals surface area (Å²) in [4.78, 5) is 15.2. The average molecular weight is 478 g/mol. The van der Waals surface area contributed by atoms with Crippen LogP contribution in [-0.2, 0) is 13.6 Å². The summed E-state index contributed by atoms with van der Waals surface area (Å²) in [5.74, 6) is -0.205. The summed E-state index contributed by atoms with van der Waals surface area (Å²) in [6.45, 7) is 2.73. The van der Waals surface area contributed by atoms with Crippen LogP contribution in [0.3, 0.4) is 0 Å². The highest BCUT2D eigenvalue weighted by atomic mass is 35.5. The molecule has 0 aliphatic rings. The Balaban J connectivity index is 1.79. The van der Waals surface area contributed by atoms with Crippen molar-refractivity contribution in [2.75, 3.05) is 6.54 Å². The van der Waals surface area contributed by atoms with Crippen molar-refractivity contribution < 1.29 is 13.9 Å². The van der Waals surface area contributed by atoms with E-state index in [0.29, 0.717) is 34.3 Å². The third-order valence-corrected chi connectivity index (χ3v) is 5.74. The van der Waals surface area contributed by atoms with Crippen LogP contribution in [0.4, 0.5) is 4.39 Å². The molecule has 1 aromatic heterocycles. The Hall–Kier alpha value is -3.64. The number of para-hydroxylation sites is 1. The monoisotopic (exact) mass is 477 g/mol. The summed E-state index contributed by atoms with van der Waals surface area (Å²) < 4.78 is 22.0. The van der Waals surface area contributed by atoms with Gasteiger partial charge in [0.15, 0.2) is 11.6 Å². The van der Waals surface area contributed by atoms with Crippen LogP contribution in [0.25, 0.3) is 11.3 Å². The molecule has 0 N–H and O–H groups in total. The average Bonchev–Trinajstić information content (AvgIpc) is 3.15. The lowest BCUT2D eigenvalue weighted by Gasteiger charge is -2.23. The number of rotatable bonds is 8. The Morgan fingerprint density at radius 1 is 1.03 bits per heavy atom. The summed E-state index contributed by atoms with van der Waals surface area (Å²) >= 11 is 6.32. The minimum absolute atomic E-state index is 0.0887. The van der Waals surface area contributed by atoms with Gasteiger partial charge < -0.3 is 9.64 Å². The highest BCUT2D eigenvalue weighted by Gasteiger charge is 2.26. The summed E-state index contributed by atoms with van der Waals surface area (Å²) in [5.41, 5.74) is 2.66. The Bertz CT molecular complexity index is 1290. The third kappa shape index (κ3) is 4.97. The van der Waals surface area contributed by atoms with E-state index in [1.807, 2.05) is 37.3 Å². The normalized spacial score (nSPS) is 10.8. The fourth-order valence-corrected chi connectivity index (χ4v) is 4.02. The van der Waals surface area contributed by atoms with Gasteiger partial charge in [0.05, 0.1) is 22.7 Å². The van der Waals surface area contributed by atoms with Gasteiger partial charge in [-0.2, -0.15) is 5.10 Å². The second-order valence-electron chi connectivity index (χ2n) is 7.86. The maximum atomic E-state index is 14.4. The Kier molecular flexibility index (Phi) is 7.28. The highest BCUT2D eigenvalue weighted by Crippen LogP contribution is 2.35. The van der Waals surface area contributed by atoms with Crippen molar-refractivity contribution in [3.8, 4) is 22.9 Å². The summed E-state index contributed by atoms with van der Waals surface area (Å²) in [5, 5.41) is 5.07. The lowest BCUT2D eigenvalue weighted by atomic mass is 10.1. The zero-order valence-corrected chi connectivity index (χ0v) is 19.8. The van der Waals surface area contributed by atoms with Gasteiger partial charge in [-0.1, -0.05) is 73.1 Å². The van der Waals surface area contributed by atoms with Crippen LogP contribution in [0.1, 0.15) is 29.3 Å². The molecule has 0 radical (unpaired) electrons. The van der Waals surface area contributed by atoms with Gasteiger partial charge in [0, 0.05) is 19.2 Å². The predicted molar refractivity (Wildman–Crippen MR) is 132 cm³/mol. The Labute approximate surface area is 203 Å². The fraction of sp³-hybridized carbons (Fsp3) is 0.185. The number of carbonyl (C=O) groups is 1. The van der Waals surface area contributed by atoms with Crippen molar-refractivity contribution in [3.63, 3.8) is 0 Å². The molecule has 7 heteroatoms. The zero-order valence-electron chi connectivity index (χ0n) is 19.0. The molecule has 1 amide bonds. The second-order valence-corrected chi connectivity index (χ2v) is 8.27. The first-order chi connectivity index (χ1) is 16.5. The Morgan fingerprint density at radius 2 is 1.71 bits per heavy atom. The molecule has 3 aromatic carbocycles. The molecule has 1 heterocycles. The van der Waals surface area contributed by atoms with Crippen LogP contribution in [-0.4, -0.2) is 27.1 Å². The van der Waals surface area contributed by atoms with Crippen molar-refractivity contribution in [1.29, 1.82) is 0 Å². The maximum absolute atomic E-state index is 14.4. The smallest absolute Gasteiger partial charge is 0.255 e. The molecule has 0 unspecified atom stereocenters. The topological polar surface area (TPSA) is 47.4 Å². The third-order valence-electron chi connectivity index (χ3n) is 5.41. The number of ether oxygens (including phenoxy) is 1. The van der Waals surface area contributed by atoms with Gasteiger partial charge in [0.25, 0.3) is 5.91 Å². The lowest BCUT2D eigenvalue weighted by Crippen LogP contribution is -2.31. The maximum Gasteiger partial charge on any atom is 0.255 e. The molecule has 0 spiro atoms. The molecular formula is C27H25ClFN3O2. The van der Waals surface area contributed by atoms with E-state index in [1.54, 1.807) is 59.1 Å². The van der Waals surface area contributed by atoms with Gasteiger partial charge in [-0.15, -0.1) is 0 Å². The van der Waals surface area contributed by atoms with Crippen LogP contribution in [0.15, 0.2) is 78.9 Å². The first-order valence-electron chi connectivity index (χ1n) is 11.1. The molecule has 0 aliphatic heterocycles. The predicted octanol–water partition coefficient (Wildman–Crippen LogP) is 6.72. The first-order valence-corrected chi connectivity index (χ1v) is 11.4. The number of benzene rings is 3. The number of hydrogen-bond acceptors (Lipinski definition) is 3. The molecule has 0 aliphatic carbocycles. The number of amides is 1. The minimum Gasteiger partial charge on any atom is -0.436 e. The number of carbonyl (C=O) groups excluding carboxylic acids is 1. The number of hydrogen-bond donors (Lipinski definition) is 0. The summed E-state index contributed by atoms with van der Waals surface area (Å²) in [7, 11) is 1.74. The van der Waals surface area contributed by atoms with Gasteiger partial charge >= 0.3 is 0 Å². The molecule has 174 valence electrons. The second kappa shape index (κ2) is 10.5. The van der Waals surface area contributed by atoms with Gasteiger partial charge in [-0.3, -0.25) is 4.79 Å². The van der Waals surface area contributed by atoms with Crippen molar-refractivity contribution in [2.24, 2.45) is 7.05 Å². The standard InChI is InChI=1S/C27H25ClFN3O2/c1-3-17-32(26(33)20-13-7-8-14-22(20)28)18-21-25(19-11-5-4-6-12-19)30-31(2)27(21)34-24-16-10-9-15-23(24)29/h4-16H,3,17-18H2,1-2H3. The molecule has 0 bridgehead atoms. The zero-order chi connectivity index (χ0) is 24.1. The molecule has 0 saturated carbocycles. The van der Waals surface area contributed by atoms with Crippen LogP contribution in [0.2, 0.25) is 5.02 Å². The molecule has 4 aromatic rings. The van der Waals surface area contributed by atoms with E-state index in [0.717, 1.165) is 12.0 Å². The quantitative estimate of drug-likeness (QED) is 0.283. The number of aromatic nitrogens is 2. The molecule has 34 heavy (non-hydrogen) atoms. The number of nitrogens with zero attached hydrogens (tertiary/aromatic N) is 3. The van der Waals surface area contributed by atoms with Crippen molar-refractivity contribution in [1.82, 2.24) is 14.7 Å². The van der Waals surface area contributed by atoms with Crippen LogP contribution >= 0.6 is 11.6 Å². The molecule has 0 saturated heterocycles. The first kappa shape index (κ1) is 23.5. The summed E-state index contributed by atoms with van der Waals surface area (Å²) in [6.07, 6.45) is 0.751. The van der Waals surface area contributed by atoms with Crippen molar-refractivity contribution >= 4 is 17.5 Å². The van der Waals surface area contributed by atoms with E-state index in [9.17, 15) is 9.18 Å². The van der Waals surface area contributed by atoms with E-state index in [4.69, 9.17) is 16.3 Å². The van der Waals surface area contributed by atoms with Crippen LogP contribution < -0.4 is 4.74 Å². The number of aryl methyl sites for hydroxylation is 1. The fourth-order valence-electron chi connectivity index (χ4n) is 3.80. The van der Waals surface area contributed by atoms with E-state index in [1.165, 1.54) is 6.07 Å². The van der Waals surface area contributed by atoms with E-state index in [2.05, 4.69) is 5.10 Å². The van der Waals surface area contributed by atoms with Crippen LogP contribution in [0.5, 0.6) is 11.6 Å². The van der Waals surface area contributed by atoms with E-state index in [-0.39, 0.29) is 18.2 Å². The lowest BCUT2D eigenvalue weighted by molar-refractivity contribution is 0.0742. The van der Waals surface area contributed by atoms with E-state index < -0.39 is 5.82 Å². The number of halogens is 2. The largest absolute Gasteiger partial charge is 0.436 e. The highest BCUT2D eigenvalue weighted by molar-refractivity contribution is 6.33. The van der Waals surface area contributed by atoms with Gasteiger partial charge in [0.1, 0.15) is 5.69 Å².